The van der Waals surface area contributed by atoms with E-state index in [9.17, 15) is 0 Å². The lowest BCUT2D eigenvalue weighted by molar-refractivity contribution is 0.311. The Hall–Kier alpha value is -0.393. The van der Waals surface area contributed by atoms with E-state index < -0.39 is 8.32 Å². The van der Waals surface area contributed by atoms with Crippen LogP contribution in [0.4, 0.5) is 0 Å². The normalized spacial score (nSPS) is 15.5. The molecule has 130 valence electrons. The van der Waals surface area contributed by atoms with Crippen molar-refractivity contribution in [2.45, 2.75) is 71.0 Å². The van der Waals surface area contributed by atoms with Gasteiger partial charge < -0.3 is 4.43 Å². The first-order chi connectivity index (χ1) is 10.8. The van der Waals surface area contributed by atoms with E-state index in [2.05, 4.69) is 44.1 Å². The summed E-state index contributed by atoms with van der Waals surface area (Å²) in [5.74, 6) is 2.20. The molecule has 0 aliphatic heterocycles. The molecule has 1 heterocycles. The molecule has 0 fully saturated rings. The lowest BCUT2D eigenvalue weighted by Crippen LogP contribution is -2.41. The van der Waals surface area contributed by atoms with E-state index in [-0.39, 0.29) is 0 Å². The van der Waals surface area contributed by atoms with Gasteiger partial charge in [0.05, 0.1) is 11.9 Å². The van der Waals surface area contributed by atoms with Gasteiger partial charge in [-0.05, 0) is 60.7 Å². The minimum Gasteiger partial charge on any atom is -0.416 e. The summed E-state index contributed by atoms with van der Waals surface area (Å²) in [5, 5.41) is 8.89. The number of aromatic nitrogens is 2. The van der Waals surface area contributed by atoms with Crippen molar-refractivity contribution in [1.29, 1.82) is 0 Å². The highest BCUT2D eigenvalue weighted by Gasteiger charge is 2.36. The fraction of sp³-hybridized carbons (Fsp3) is 0.778. The molecule has 23 heavy (non-hydrogen) atoms. The zero-order valence-corrected chi connectivity index (χ0v) is 17.3. The zero-order valence-electron chi connectivity index (χ0n) is 15.4. The van der Waals surface area contributed by atoms with Gasteiger partial charge in [0.25, 0.3) is 0 Å². The van der Waals surface area contributed by atoms with Gasteiger partial charge in [-0.25, -0.2) is 0 Å². The minimum absolute atomic E-state index is 0.302. The SMILES string of the molecule is CC(C)(C)[Si](C)(C)OCCSCCc1nncc2c1CCCC2. The molecular formula is C18H32N2OSSi. The topological polar surface area (TPSA) is 35.0 Å². The summed E-state index contributed by atoms with van der Waals surface area (Å²) in [4.78, 5) is 0. The maximum atomic E-state index is 6.23. The number of thioether (sulfide) groups is 1. The molecule has 1 aromatic heterocycles. The van der Waals surface area contributed by atoms with E-state index in [0.717, 1.165) is 24.5 Å². The van der Waals surface area contributed by atoms with Crippen LogP contribution >= 0.6 is 11.8 Å². The molecule has 0 unspecified atom stereocenters. The predicted octanol–water partition coefficient (Wildman–Crippen LogP) is 4.65. The van der Waals surface area contributed by atoms with Gasteiger partial charge in [0.2, 0.25) is 0 Å². The van der Waals surface area contributed by atoms with Crippen LogP contribution in [0.2, 0.25) is 18.1 Å². The predicted molar refractivity (Wildman–Crippen MR) is 103 cm³/mol. The van der Waals surface area contributed by atoms with Gasteiger partial charge in [0, 0.05) is 18.8 Å². The van der Waals surface area contributed by atoms with Crippen LogP contribution in [0.1, 0.15) is 50.4 Å². The molecule has 0 saturated heterocycles. The van der Waals surface area contributed by atoms with Crippen molar-refractivity contribution in [3.05, 3.63) is 23.0 Å². The summed E-state index contributed by atoms with van der Waals surface area (Å²) in [6.07, 6.45) is 8.00. The van der Waals surface area contributed by atoms with E-state index in [4.69, 9.17) is 4.43 Å². The van der Waals surface area contributed by atoms with Crippen molar-refractivity contribution in [3.8, 4) is 0 Å². The van der Waals surface area contributed by atoms with Crippen LogP contribution in [0.15, 0.2) is 6.20 Å². The Balaban J connectivity index is 1.71. The van der Waals surface area contributed by atoms with E-state index in [1.807, 2.05) is 18.0 Å². The van der Waals surface area contributed by atoms with Crippen molar-refractivity contribution < 1.29 is 4.43 Å². The Kier molecular flexibility index (Phi) is 6.69. The Bertz CT molecular complexity index is 514. The number of hydrogen-bond donors (Lipinski definition) is 0. The summed E-state index contributed by atoms with van der Waals surface area (Å²) in [6, 6.07) is 0. The summed E-state index contributed by atoms with van der Waals surface area (Å²) < 4.78 is 6.23. The fourth-order valence-electron chi connectivity index (χ4n) is 2.67. The van der Waals surface area contributed by atoms with E-state index in [1.165, 1.54) is 42.5 Å². The van der Waals surface area contributed by atoms with Crippen molar-refractivity contribution in [2.75, 3.05) is 18.1 Å². The molecule has 1 aromatic rings. The molecule has 0 atom stereocenters. The molecule has 1 aliphatic rings. The monoisotopic (exact) mass is 352 g/mol. The second kappa shape index (κ2) is 8.12. The minimum atomic E-state index is -1.58. The Morgan fingerprint density at radius 1 is 1.17 bits per heavy atom. The van der Waals surface area contributed by atoms with Crippen molar-refractivity contribution in [2.24, 2.45) is 0 Å². The number of fused-ring (bicyclic) bond motifs is 1. The van der Waals surface area contributed by atoms with Crippen LogP contribution < -0.4 is 0 Å². The summed E-state index contributed by atoms with van der Waals surface area (Å²) >= 11 is 1.98. The number of nitrogens with zero attached hydrogens (tertiary/aromatic N) is 2. The molecule has 0 bridgehead atoms. The molecule has 0 saturated carbocycles. The average molecular weight is 353 g/mol. The van der Waals surface area contributed by atoms with Gasteiger partial charge in [-0.1, -0.05) is 20.8 Å². The van der Waals surface area contributed by atoms with Gasteiger partial charge in [-0.3, -0.25) is 0 Å². The van der Waals surface area contributed by atoms with E-state index >= 15 is 0 Å². The molecular weight excluding hydrogens is 320 g/mol. The van der Waals surface area contributed by atoms with Gasteiger partial charge in [0.15, 0.2) is 8.32 Å². The molecule has 1 aliphatic carbocycles. The first-order valence-electron chi connectivity index (χ1n) is 8.85. The third-order valence-electron chi connectivity index (χ3n) is 5.23. The van der Waals surface area contributed by atoms with Crippen molar-refractivity contribution in [1.82, 2.24) is 10.2 Å². The maximum absolute atomic E-state index is 6.23. The zero-order chi connectivity index (χ0) is 16.9. The van der Waals surface area contributed by atoms with Crippen molar-refractivity contribution >= 4 is 20.1 Å². The van der Waals surface area contributed by atoms with Crippen molar-refractivity contribution in [3.63, 3.8) is 0 Å². The number of aryl methyl sites for hydroxylation is 2. The highest BCUT2D eigenvalue weighted by atomic mass is 32.2. The molecule has 0 aromatic carbocycles. The first-order valence-corrected chi connectivity index (χ1v) is 12.9. The molecule has 5 heteroatoms. The Labute approximate surface area is 147 Å². The lowest BCUT2D eigenvalue weighted by Gasteiger charge is -2.36. The second-order valence-electron chi connectivity index (χ2n) is 7.97. The highest BCUT2D eigenvalue weighted by Crippen LogP contribution is 2.36. The smallest absolute Gasteiger partial charge is 0.192 e. The van der Waals surface area contributed by atoms with E-state index in [0.29, 0.717) is 5.04 Å². The molecule has 0 amide bonds. The highest BCUT2D eigenvalue weighted by molar-refractivity contribution is 7.99. The lowest BCUT2D eigenvalue weighted by atomic mass is 9.91. The Morgan fingerprint density at radius 3 is 2.65 bits per heavy atom. The van der Waals surface area contributed by atoms with E-state index in [1.54, 1.807) is 0 Å². The van der Waals surface area contributed by atoms with Gasteiger partial charge in [-0.2, -0.15) is 22.0 Å². The molecule has 0 spiro atoms. The van der Waals surface area contributed by atoms with Crippen LogP contribution in [0.5, 0.6) is 0 Å². The van der Waals surface area contributed by atoms with Gasteiger partial charge in [-0.15, -0.1) is 0 Å². The molecule has 2 rings (SSSR count). The van der Waals surface area contributed by atoms with Crippen LogP contribution in [-0.2, 0) is 23.7 Å². The Morgan fingerprint density at radius 2 is 1.91 bits per heavy atom. The van der Waals surface area contributed by atoms with Crippen LogP contribution in [-0.4, -0.2) is 36.6 Å². The third kappa shape index (κ3) is 5.30. The second-order valence-corrected chi connectivity index (χ2v) is 14.0. The summed E-state index contributed by atoms with van der Waals surface area (Å²) in [6.45, 7) is 12.4. The van der Waals surface area contributed by atoms with Gasteiger partial charge >= 0.3 is 0 Å². The number of hydrogen-bond acceptors (Lipinski definition) is 4. The molecule has 0 radical (unpaired) electrons. The quantitative estimate of drug-likeness (QED) is 0.528. The molecule has 3 nitrogen and oxygen atoms in total. The maximum Gasteiger partial charge on any atom is 0.192 e. The average Bonchev–Trinajstić information content (AvgIpc) is 2.49. The third-order valence-corrected chi connectivity index (χ3v) is 10.7. The fourth-order valence-corrected chi connectivity index (χ4v) is 4.61. The standard InChI is InChI=1S/C18H32N2OSSi/c1-18(2,3)23(4,5)21-11-13-22-12-10-17-16-9-7-6-8-15(16)14-19-20-17/h14H,6-13H2,1-5H3. The first kappa shape index (κ1) is 18.9. The van der Waals surface area contributed by atoms with Gasteiger partial charge in [0.1, 0.15) is 0 Å². The van der Waals surface area contributed by atoms with Crippen LogP contribution in [0.25, 0.3) is 0 Å². The molecule has 0 N–H and O–H groups in total. The largest absolute Gasteiger partial charge is 0.416 e. The summed E-state index contributed by atoms with van der Waals surface area (Å²) in [5.41, 5.74) is 4.16. The van der Waals surface area contributed by atoms with Crippen LogP contribution in [0, 0.1) is 0 Å². The number of rotatable bonds is 7. The summed E-state index contributed by atoms with van der Waals surface area (Å²) in [7, 11) is -1.58. The van der Waals surface area contributed by atoms with Crippen LogP contribution in [0.3, 0.4) is 0 Å².